The van der Waals surface area contributed by atoms with Crippen molar-refractivity contribution in [2.45, 2.75) is 56.8 Å². The average Bonchev–Trinajstić information content (AvgIpc) is 2.62. The molecule has 0 aromatic heterocycles. The van der Waals surface area contributed by atoms with Gasteiger partial charge in [0.25, 0.3) is 0 Å². The van der Waals surface area contributed by atoms with Crippen LogP contribution in [0.15, 0.2) is 24.3 Å². The van der Waals surface area contributed by atoms with E-state index in [9.17, 15) is 9.90 Å². The monoisotopic (exact) mass is 292 g/mol. The van der Waals surface area contributed by atoms with Crippen LogP contribution in [-0.4, -0.2) is 11.1 Å². The normalized spacial score (nSPS) is 23.9. The Hall–Kier alpha value is -1.02. The van der Waals surface area contributed by atoms with Crippen LogP contribution in [0.4, 0.5) is 0 Å². The molecule has 0 bridgehead atoms. The van der Waals surface area contributed by atoms with Crippen LogP contribution in [0.3, 0.4) is 0 Å². The average molecular weight is 293 g/mol. The van der Waals surface area contributed by atoms with Gasteiger partial charge in [-0.25, -0.2) is 0 Å². The smallest absolute Gasteiger partial charge is 0.314 e. The van der Waals surface area contributed by atoms with Crippen molar-refractivity contribution in [3.05, 3.63) is 34.9 Å². The van der Waals surface area contributed by atoms with Crippen LogP contribution in [0.1, 0.15) is 56.9 Å². The molecule has 3 heteroatoms. The minimum absolute atomic E-state index is 0.258. The van der Waals surface area contributed by atoms with Gasteiger partial charge < -0.3 is 5.11 Å². The molecule has 0 amide bonds. The third-order valence-electron chi connectivity index (χ3n) is 5.32. The molecular formula is C17H21ClO2. The van der Waals surface area contributed by atoms with Crippen molar-refractivity contribution >= 4 is 17.6 Å². The summed E-state index contributed by atoms with van der Waals surface area (Å²) in [6.07, 6.45) is 9.00. The second kappa shape index (κ2) is 5.07. The molecule has 0 saturated heterocycles. The van der Waals surface area contributed by atoms with Crippen molar-refractivity contribution < 1.29 is 9.90 Å². The van der Waals surface area contributed by atoms with Gasteiger partial charge in [0.1, 0.15) is 0 Å². The van der Waals surface area contributed by atoms with Crippen LogP contribution in [-0.2, 0) is 10.2 Å². The molecule has 0 atom stereocenters. The molecule has 3 rings (SSSR count). The minimum Gasteiger partial charge on any atom is -0.481 e. The van der Waals surface area contributed by atoms with E-state index in [0.29, 0.717) is 5.02 Å². The molecule has 108 valence electrons. The van der Waals surface area contributed by atoms with Crippen molar-refractivity contribution in [2.24, 2.45) is 5.41 Å². The molecule has 1 N–H and O–H groups in total. The highest BCUT2D eigenvalue weighted by Gasteiger charge is 2.59. The number of aliphatic carboxylic acids is 1. The Morgan fingerprint density at radius 2 is 1.65 bits per heavy atom. The lowest BCUT2D eigenvalue weighted by Crippen LogP contribution is -2.54. The van der Waals surface area contributed by atoms with E-state index < -0.39 is 11.4 Å². The summed E-state index contributed by atoms with van der Waals surface area (Å²) in [5, 5.41) is 10.4. The molecule has 2 fully saturated rings. The maximum atomic E-state index is 11.9. The van der Waals surface area contributed by atoms with E-state index in [4.69, 9.17) is 11.6 Å². The fourth-order valence-corrected chi connectivity index (χ4v) is 4.68. The van der Waals surface area contributed by atoms with Crippen molar-refractivity contribution in [3.8, 4) is 0 Å². The molecule has 2 saturated carbocycles. The second-order valence-electron chi connectivity index (χ2n) is 6.63. The molecule has 0 heterocycles. The molecule has 1 aromatic rings. The van der Waals surface area contributed by atoms with E-state index in [0.717, 1.165) is 18.4 Å². The summed E-state index contributed by atoms with van der Waals surface area (Å²) in [7, 11) is 0. The molecule has 20 heavy (non-hydrogen) atoms. The third-order valence-corrected chi connectivity index (χ3v) is 5.65. The number of halogens is 1. The summed E-state index contributed by atoms with van der Waals surface area (Å²) >= 11 is 6.26. The summed E-state index contributed by atoms with van der Waals surface area (Å²) in [6.45, 7) is 0. The first kappa shape index (κ1) is 13.9. The van der Waals surface area contributed by atoms with Crippen LogP contribution in [0.25, 0.3) is 0 Å². The fraction of sp³-hybridized carbons (Fsp3) is 0.588. The van der Waals surface area contributed by atoms with Gasteiger partial charge in [-0.15, -0.1) is 0 Å². The van der Waals surface area contributed by atoms with Gasteiger partial charge in [-0.1, -0.05) is 55.5 Å². The van der Waals surface area contributed by atoms with Crippen LogP contribution < -0.4 is 0 Å². The third kappa shape index (κ3) is 2.14. The van der Waals surface area contributed by atoms with E-state index in [1.807, 2.05) is 18.2 Å². The lowest BCUT2D eigenvalue weighted by atomic mass is 9.48. The maximum absolute atomic E-state index is 11.9. The Kier molecular flexibility index (Phi) is 3.53. The van der Waals surface area contributed by atoms with Gasteiger partial charge in [-0.3, -0.25) is 4.79 Å². The first-order valence-corrected chi connectivity index (χ1v) is 7.94. The predicted octanol–water partition coefficient (Wildman–Crippen LogP) is 4.80. The van der Waals surface area contributed by atoms with Crippen molar-refractivity contribution in [2.75, 3.05) is 0 Å². The summed E-state index contributed by atoms with van der Waals surface area (Å²) in [4.78, 5) is 11.9. The highest BCUT2D eigenvalue weighted by atomic mass is 35.5. The molecule has 0 aliphatic heterocycles. The highest BCUT2D eigenvalue weighted by Crippen LogP contribution is 2.62. The SMILES string of the molecule is O=C(O)C1(c2ccccc2Cl)CC2(CCCCCC2)C1. The molecular weight excluding hydrogens is 272 g/mol. The van der Waals surface area contributed by atoms with Gasteiger partial charge in [0.15, 0.2) is 0 Å². The molecule has 2 aliphatic carbocycles. The second-order valence-corrected chi connectivity index (χ2v) is 7.04. The Balaban J connectivity index is 1.90. The molecule has 1 aromatic carbocycles. The number of benzene rings is 1. The topological polar surface area (TPSA) is 37.3 Å². The van der Waals surface area contributed by atoms with E-state index >= 15 is 0 Å². The molecule has 1 spiro atoms. The van der Waals surface area contributed by atoms with Crippen molar-refractivity contribution in [1.82, 2.24) is 0 Å². The number of carbonyl (C=O) groups is 1. The van der Waals surface area contributed by atoms with E-state index in [1.54, 1.807) is 6.07 Å². The largest absolute Gasteiger partial charge is 0.481 e. The molecule has 2 nitrogen and oxygen atoms in total. The Bertz CT molecular complexity index is 507. The molecule has 0 radical (unpaired) electrons. The Morgan fingerprint density at radius 3 is 2.20 bits per heavy atom. The van der Waals surface area contributed by atoms with Gasteiger partial charge in [-0.2, -0.15) is 0 Å². The standard InChI is InChI=1S/C17H21ClO2/c18-14-8-4-3-7-13(14)17(15(19)20)11-16(12-17)9-5-1-2-6-10-16/h3-4,7-8H,1-2,5-6,9-12H2,(H,19,20). The molecule has 2 aliphatic rings. The number of rotatable bonds is 2. The summed E-state index contributed by atoms with van der Waals surface area (Å²) < 4.78 is 0. The zero-order valence-electron chi connectivity index (χ0n) is 11.7. The van der Waals surface area contributed by atoms with Gasteiger partial charge in [0, 0.05) is 5.02 Å². The lowest BCUT2D eigenvalue weighted by molar-refractivity contribution is -0.155. The zero-order valence-corrected chi connectivity index (χ0v) is 12.5. The summed E-state index contributed by atoms with van der Waals surface area (Å²) in [6, 6.07) is 7.45. The van der Waals surface area contributed by atoms with Gasteiger partial charge in [0.2, 0.25) is 0 Å². The number of carboxylic acid groups (broad SMARTS) is 1. The highest BCUT2D eigenvalue weighted by molar-refractivity contribution is 6.31. The predicted molar refractivity (Wildman–Crippen MR) is 80.1 cm³/mol. The van der Waals surface area contributed by atoms with Crippen molar-refractivity contribution in [3.63, 3.8) is 0 Å². The fourth-order valence-electron chi connectivity index (χ4n) is 4.37. The van der Waals surface area contributed by atoms with E-state index in [1.165, 1.54) is 38.5 Å². The van der Waals surface area contributed by atoms with Crippen LogP contribution >= 0.6 is 11.6 Å². The lowest BCUT2D eigenvalue weighted by Gasteiger charge is -2.54. The van der Waals surface area contributed by atoms with Gasteiger partial charge in [-0.05, 0) is 42.7 Å². The van der Waals surface area contributed by atoms with E-state index in [-0.39, 0.29) is 5.41 Å². The minimum atomic E-state index is -0.747. The molecule has 0 unspecified atom stereocenters. The first-order chi connectivity index (χ1) is 9.58. The number of hydrogen-bond acceptors (Lipinski definition) is 1. The van der Waals surface area contributed by atoms with Crippen LogP contribution in [0.5, 0.6) is 0 Å². The van der Waals surface area contributed by atoms with Crippen LogP contribution in [0.2, 0.25) is 5.02 Å². The summed E-state index contributed by atoms with van der Waals surface area (Å²) in [5.41, 5.74) is 0.320. The zero-order chi connectivity index (χ0) is 14.2. The number of hydrogen-bond donors (Lipinski definition) is 1. The van der Waals surface area contributed by atoms with Crippen molar-refractivity contribution in [1.29, 1.82) is 0 Å². The maximum Gasteiger partial charge on any atom is 0.314 e. The van der Waals surface area contributed by atoms with Gasteiger partial charge >= 0.3 is 5.97 Å². The first-order valence-electron chi connectivity index (χ1n) is 7.57. The van der Waals surface area contributed by atoms with Crippen LogP contribution in [0, 0.1) is 5.41 Å². The quantitative estimate of drug-likeness (QED) is 0.850. The Morgan fingerprint density at radius 1 is 1.05 bits per heavy atom. The van der Waals surface area contributed by atoms with Gasteiger partial charge in [0.05, 0.1) is 5.41 Å². The Labute approximate surface area is 125 Å². The number of carboxylic acids is 1. The van der Waals surface area contributed by atoms with E-state index in [2.05, 4.69) is 0 Å². The summed E-state index contributed by atoms with van der Waals surface area (Å²) in [5.74, 6) is -0.708.